The van der Waals surface area contributed by atoms with Gasteiger partial charge in [0.15, 0.2) is 0 Å². The summed E-state index contributed by atoms with van der Waals surface area (Å²) in [7, 11) is 1.50. The van der Waals surface area contributed by atoms with Crippen LogP contribution in [0.3, 0.4) is 0 Å². The van der Waals surface area contributed by atoms with E-state index in [1.165, 1.54) is 19.2 Å². The van der Waals surface area contributed by atoms with E-state index in [4.69, 9.17) is 16.3 Å². The lowest BCUT2D eigenvalue weighted by molar-refractivity contribution is -0.120. The number of para-hydroxylation sites is 1. The first kappa shape index (κ1) is 21.6. The van der Waals surface area contributed by atoms with Crippen LogP contribution in [0.25, 0.3) is 5.57 Å². The fraction of sp³-hybridized carbons (Fsp3) is 0.120. The van der Waals surface area contributed by atoms with Crippen molar-refractivity contribution in [3.05, 3.63) is 93.9 Å². The van der Waals surface area contributed by atoms with Gasteiger partial charge in [0.1, 0.15) is 17.3 Å². The highest BCUT2D eigenvalue weighted by Gasteiger charge is 2.41. The number of anilines is 2. The number of aryl methyl sites for hydroxylation is 1. The predicted octanol–water partition coefficient (Wildman–Crippen LogP) is 5.50. The van der Waals surface area contributed by atoms with E-state index in [2.05, 4.69) is 5.32 Å². The molecular weight excluding hydrogens is 431 g/mol. The zero-order valence-corrected chi connectivity index (χ0v) is 18.5. The summed E-state index contributed by atoms with van der Waals surface area (Å²) in [5.74, 6) is -1.32. The van der Waals surface area contributed by atoms with Gasteiger partial charge in [0.05, 0.1) is 23.4 Å². The molecule has 0 radical (unpaired) electrons. The smallest absolute Gasteiger partial charge is 0.282 e. The molecule has 7 heteroatoms. The van der Waals surface area contributed by atoms with Crippen molar-refractivity contribution in [3.63, 3.8) is 0 Å². The molecule has 0 bridgehead atoms. The van der Waals surface area contributed by atoms with Crippen molar-refractivity contribution in [2.24, 2.45) is 0 Å². The van der Waals surface area contributed by atoms with Crippen molar-refractivity contribution >= 4 is 40.4 Å². The molecule has 2 amide bonds. The largest absolute Gasteiger partial charge is 0.496 e. The zero-order chi connectivity index (χ0) is 23.0. The molecular formula is C25H20ClFN2O3. The molecule has 0 saturated carbocycles. The minimum atomic E-state index is -0.638. The van der Waals surface area contributed by atoms with Crippen LogP contribution in [0.1, 0.15) is 16.7 Å². The van der Waals surface area contributed by atoms with Crippen molar-refractivity contribution < 1.29 is 18.7 Å². The summed E-state index contributed by atoms with van der Waals surface area (Å²) in [4.78, 5) is 28.0. The molecule has 3 aromatic carbocycles. The lowest BCUT2D eigenvalue weighted by Gasteiger charge is -2.16. The minimum Gasteiger partial charge on any atom is -0.496 e. The molecule has 4 rings (SSSR count). The van der Waals surface area contributed by atoms with Crippen LogP contribution in [0, 0.1) is 19.7 Å². The van der Waals surface area contributed by atoms with Gasteiger partial charge in [0.25, 0.3) is 11.8 Å². The van der Waals surface area contributed by atoms with Crippen LogP contribution >= 0.6 is 11.6 Å². The van der Waals surface area contributed by atoms with Crippen LogP contribution in [0.2, 0.25) is 5.02 Å². The van der Waals surface area contributed by atoms with Crippen molar-refractivity contribution in [3.8, 4) is 5.75 Å². The van der Waals surface area contributed by atoms with Crippen LogP contribution in [0.15, 0.2) is 66.4 Å². The van der Waals surface area contributed by atoms with Crippen molar-refractivity contribution in [2.75, 3.05) is 17.3 Å². The Balaban J connectivity index is 1.89. The third-order valence-corrected chi connectivity index (χ3v) is 5.78. The molecule has 0 spiro atoms. The van der Waals surface area contributed by atoms with Crippen LogP contribution in [0.4, 0.5) is 15.8 Å². The van der Waals surface area contributed by atoms with Crippen LogP contribution in [0.5, 0.6) is 5.75 Å². The quantitative estimate of drug-likeness (QED) is 0.521. The summed E-state index contributed by atoms with van der Waals surface area (Å²) in [6, 6.07) is 16.4. The van der Waals surface area contributed by atoms with E-state index in [9.17, 15) is 14.0 Å². The highest BCUT2D eigenvalue weighted by molar-refractivity contribution is 6.46. The molecule has 1 N–H and O–H groups in total. The number of hydrogen-bond acceptors (Lipinski definition) is 4. The van der Waals surface area contributed by atoms with E-state index < -0.39 is 17.6 Å². The van der Waals surface area contributed by atoms with E-state index in [0.29, 0.717) is 17.0 Å². The Morgan fingerprint density at radius 2 is 1.72 bits per heavy atom. The molecule has 0 unspecified atom stereocenters. The lowest BCUT2D eigenvalue weighted by Crippen LogP contribution is -2.32. The highest BCUT2D eigenvalue weighted by atomic mass is 35.5. The van der Waals surface area contributed by atoms with Gasteiger partial charge in [-0.3, -0.25) is 9.59 Å². The summed E-state index contributed by atoms with van der Waals surface area (Å²) in [6.45, 7) is 3.89. The molecule has 3 aromatic rings. The molecule has 1 heterocycles. The summed E-state index contributed by atoms with van der Waals surface area (Å²) < 4.78 is 19.2. The number of hydrogen-bond donors (Lipinski definition) is 1. The normalized spacial score (nSPS) is 13.7. The number of halogens is 2. The maximum absolute atomic E-state index is 13.7. The third-order valence-electron chi connectivity index (χ3n) is 5.49. The number of carbonyl (C=O) groups excluding carboxylic acids is 2. The number of rotatable bonds is 5. The Morgan fingerprint density at radius 1 is 0.969 bits per heavy atom. The van der Waals surface area contributed by atoms with Gasteiger partial charge in [0, 0.05) is 11.3 Å². The van der Waals surface area contributed by atoms with Crippen LogP contribution in [-0.2, 0) is 9.59 Å². The maximum Gasteiger partial charge on any atom is 0.282 e. The molecule has 1 aliphatic heterocycles. The Bertz CT molecular complexity index is 1290. The number of amides is 2. The van der Waals surface area contributed by atoms with Crippen molar-refractivity contribution in [2.45, 2.75) is 13.8 Å². The zero-order valence-electron chi connectivity index (χ0n) is 17.7. The number of methoxy groups -OCH3 is 1. The Morgan fingerprint density at radius 3 is 2.44 bits per heavy atom. The predicted molar refractivity (Wildman–Crippen MR) is 123 cm³/mol. The third kappa shape index (κ3) is 3.63. The van der Waals surface area contributed by atoms with E-state index in [1.807, 2.05) is 32.0 Å². The first-order valence-electron chi connectivity index (χ1n) is 9.88. The molecule has 32 heavy (non-hydrogen) atoms. The van der Waals surface area contributed by atoms with Crippen molar-refractivity contribution in [1.82, 2.24) is 0 Å². The van der Waals surface area contributed by atoms with E-state index >= 15 is 0 Å². The van der Waals surface area contributed by atoms with Gasteiger partial charge in [-0.2, -0.15) is 0 Å². The first-order chi connectivity index (χ1) is 15.3. The van der Waals surface area contributed by atoms with Gasteiger partial charge in [0.2, 0.25) is 0 Å². The second-order valence-electron chi connectivity index (χ2n) is 7.37. The number of benzene rings is 3. The van der Waals surface area contributed by atoms with Gasteiger partial charge >= 0.3 is 0 Å². The van der Waals surface area contributed by atoms with Crippen molar-refractivity contribution in [1.29, 1.82) is 0 Å². The number of imide groups is 1. The Labute approximate surface area is 190 Å². The number of nitrogens with one attached hydrogen (secondary N) is 1. The molecule has 0 fully saturated rings. The number of carbonyl (C=O) groups is 2. The van der Waals surface area contributed by atoms with Gasteiger partial charge in [-0.1, -0.05) is 41.9 Å². The average Bonchev–Trinajstić information content (AvgIpc) is 3.02. The average molecular weight is 451 g/mol. The fourth-order valence-electron chi connectivity index (χ4n) is 3.63. The van der Waals surface area contributed by atoms with Gasteiger partial charge in [-0.15, -0.1) is 0 Å². The van der Waals surface area contributed by atoms with Crippen LogP contribution < -0.4 is 15.0 Å². The summed E-state index contributed by atoms with van der Waals surface area (Å²) in [5, 5.41) is 2.98. The van der Waals surface area contributed by atoms with E-state index in [-0.39, 0.29) is 22.0 Å². The second-order valence-corrected chi connectivity index (χ2v) is 7.77. The molecule has 0 atom stereocenters. The molecule has 5 nitrogen and oxygen atoms in total. The minimum absolute atomic E-state index is 0.105. The molecule has 0 aliphatic carbocycles. The molecule has 162 valence electrons. The number of ether oxygens (including phenoxy) is 1. The summed E-state index contributed by atoms with van der Waals surface area (Å²) in [5.41, 5.74) is 3.60. The van der Waals surface area contributed by atoms with Gasteiger partial charge in [-0.25, -0.2) is 9.29 Å². The highest BCUT2D eigenvalue weighted by Crippen LogP contribution is 2.38. The van der Waals surface area contributed by atoms with Crippen LogP contribution in [-0.4, -0.2) is 18.9 Å². The van der Waals surface area contributed by atoms with E-state index in [1.54, 1.807) is 24.3 Å². The topological polar surface area (TPSA) is 58.6 Å². The monoisotopic (exact) mass is 450 g/mol. The van der Waals surface area contributed by atoms with Gasteiger partial charge < -0.3 is 10.1 Å². The summed E-state index contributed by atoms with van der Waals surface area (Å²) in [6.07, 6.45) is 0. The Kier molecular flexibility index (Phi) is 5.72. The molecule has 0 saturated heterocycles. The second kappa shape index (κ2) is 8.48. The molecule has 0 aromatic heterocycles. The number of nitrogens with zero attached hydrogens (tertiary/aromatic N) is 1. The van der Waals surface area contributed by atoms with Gasteiger partial charge in [-0.05, 0) is 55.3 Å². The fourth-order valence-corrected chi connectivity index (χ4v) is 3.80. The maximum atomic E-state index is 13.7. The standard InChI is InChI=1S/C25H20ClFN2O3/c1-14-7-6-9-20(15(14)2)28-23-22(17-8-4-5-10-21(17)32-3)24(30)29(25(23)31)16-11-12-19(27)18(26)13-16/h4-13,28H,1-3H3. The first-order valence-corrected chi connectivity index (χ1v) is 10.3. The summed E-state index contributed by atoms with van der Waals surface area (Å²) >= 11 is 5.92. The van der Waals surface area contributed by atoms with E-state index in [0.717, 1.165) is 22.1 Å². The SMILES string of the molecule is COc1ccccc1C1=C(Nc2cccc(C)c2C)C(=O)N(c2ccc(F)c(Cl)c2)C1=O. The lowest BCUT2D eigenvalue weighted by atomic mass is 10.0. The Hall–Kier alpha value is -3.64. The molecule has 1 aliphatic rings.